The molecule has 1 heterocycles. The zero-order valence-corrected chi connectivity index (χ0v) is 22.2. The Morgan fingerprint density at radius 3 is 2.54 bits per heavy atom. The third-order valence-corrected chi connectivity index (χ3v) is 7.13. The van der Waals surface area contributed by atoms with Crippen LogP contribution in [0, 0.1) is 11.3 Å². The molecule has 188 valence electrons. The van der Waals surface area contributed by atoms with Crippen molar-refractivity contribution in [3.05, 3.63) is 92.3 Å². The number of halogens is 4. The van der Waals surface area contributed by atoms with Crippen molar-refractivity contribution >= 4 is 61.9 Å². The second-order valence-electron chi connectivity index (χ2n) is 7.70. The summed E-state index contributed by atoms with van der Waals surface area (Å²) < 4.78 is 51.5. The van der Waals surface area contributed by atoms with Crippen molar-refractivity contribution < 1.29 is 27.4 Å². The van der Waals surface area contributed by atoms with Gasteiger partial charge in [0.15, 0.2) is 15.8 Å². The van der Waals surface area contributed by atoms with Crippen molar-refractivity contribution in [2.75, 3.05) is 12.0 Å². The number of ether oxygens (including phenoxy) is 2. The van der Waals surface area contributed by atoms with Crippen molar-refractivity contribution in [3.8, 4) is 17.6 Å². The van der Waals surface area contributed by atoms with Crippen LogP contribution in [0.5, 0.6) is 11.5 Å². The molecule has 0 spiro atoms. The van der Waals surface area contributed by atoms with Crippen LogP contribution in [0.15, 0.2) is 70.0 Å². The Labute approximate surface area is 228 Å². The summed E-state index contributed by atoms with van der Waals surface area (Å²) in [6.07, 6.45) is -2.95. The molecule has 0 atom stereocenters. The van der Waals surface area contributed by atoms with Gasteiger partial charge in [0.2, 0.25) is 0 Å². The number of carbonyl (C=O) groups is 1. The number of alkyl halides is 3. The molecule has 1 aliphatic heterocycles. The average Bonchev–Trinajstić information content (AvgIpc) is 3.15. The zero-order chi connectivity index (χ0) is 26.7. The summed E-state index contributed by atoms with van der Waals surface area (Å²) in [4.78, 5) is 14.4. The highest BCUT2D eigenvalue weighted by Gasteiger charge is 2.36. The Bertz CT molecular complexity index is 1450. The molecular formula is C26H16BrF3N2O3S2. The van der Waals surface area contributed by atoms with Gasteiger partial charge in [0.25, 0.3) is 5.91 Å². The molecule has 1 aliphatic rings. The van der Waals surface area contributed by atoms with Gasteiger partial charge in [-0.1, -0.05) is 42.2 Å². The summed E-state index contributed by atoms with van der Waals surface area (Å²) in [7, 11) is 1.48. The summed E-state index contributed by atoms with van der Waals surface area (Å²) in [5.74, 6) is 0.328. The molecule has 0 saturated carbocycles. The van der Waals surface area contributed by atoms with Gasteiger partial charge in [-0.05, 0) is 75.6 Å². The summed E-state index contributed by atoms with van der Waals surface area (Å²) in [5.41, 5.74) is 1.18. The van der Waals surface area contributed by atoms with Gasteiger partial charge in [-0.25, -0.2) is 0 Å². The predicted molar refractivity (Wildman–Crippen MR) is 143 cm³/mol. The lowest BCUT2D eigenvalue weighted by molar-refractivity contribution is -0.137. The minimum atomic E-state index is -4.54. The smallest absolute Gasteiger partial charge is 0.416 e. The van der Waals surface area contributed by atoms with Crippen LogP contribution < -0.4 is 14.4 Å². The second-order valence-corrected chi connectivity index (χ2v) is 10.2. The summed E-state index contributed by atoms with van der Waals surface area (Å²) in [5, 5.41) is 8.93. The number of amides is 1. The highest BCUT2D eigenvalue weighted by molar-refractivity contribution is 9.10. The van der Waals surface area contributed by atoms with Crippen LogP contribution in [0.3, 0.4) is 0 Å². The van der Waals surface area contributed by atoms with Crippen molar-refractivity contribution in [2.24, 2.45) is 0 Å². The molecule has 0 N–H and O–H groups in total. The van der Waals surface area contributed by atoms with Crippen LogP contribution in [0.4, 0.5) is 18.9 Å². The van der Waals surface area contributed by atoms with E-state index in [1.54, 1.807) is 42.5 Å². The standard InChI is InChI=1S/C26H16BrF3N2O3S2/c1-34-21-10-17(9-20(27)23(21)35-14-16-7-5-15(13-31)6-8-16)11-22-24(33)32(25(36)37-22)19-4-2-3-18(12-19)26(28,29)30/h2-12H,14H2,1H3/b22-11-. The van der Waals surface area contributed by atoms with Gasteiger partial charge in [0.1, 0.15) is 6.61 Å². The maximum atomic E-state index is 13.1. The fraction of sp³-hybridized carbons (Fsp3) is 0.115. The fourth-order valence-corrected chi connectivity index (χ4v) is 5.33. The van der Waals surface area contributed by atoms with Gasteiger partial charge >= 0.3 is 6.18 Å². The first kappa shape index (κ1) is 26.7. The molecule has 1 amide bonds. The number of thiocarbonyl (C=S) groups is 1. The van der Waals surface area contributed by atoms with Crippen molar-refractivity contribution in [2.45, 2.75) is 12.8 Å². The summed E-state index contributed by atoms with van der Waals surface area (Å²) in [6, 6.07) is 16.9. The van der Waals surface area contributed by atoms with E-state index >= 15 is 0 Å². The molecule has 0 unspecified atom stereocenters. The number of rotatable bonds is 6. The molecule has 11 heteroatoms. The minimum absolute atomic E-state index is 0.0473. The number of anilines is 1. The third kappa shape index (κ3) is 5.98. The molecule has 0 bridgehead atoms. The first-order valence-electron chi connectivity index (χ1n) is 10.6. The van der Waals surface area contributed by atoms with E-state index in [2.05, 4.69) is 22.0 Å². The second kappa shape index (κ2) is 11.0. The van der Waals surface area contributed by atoms with Gasteiger partial charge in [-0.2, -0.15) is 18.4 Å². The first-order chi connectivity index (χ1) is 17.6. The number of nitrogens with zero attached hydrogens (tertiary/aromatic N) is 2. The van der Waals surface area contributed by atoms with E-state index in [-0.39, 0.29) is 21.5 Å². The van der Waals surface area contributed by atoms with E-state index in [0.717, 1.165) is 34.4 Å². The number of carbonyl (C=O) groups excluding carboxylic acids is 1. The van der Waals surface area contributed by atoms with E-state index in [1.165, 1.54) is 19.2 Å². The Kier molecular flexibility index (Phi) is 7.92. The van der Waals surface area contributed by atoms with Gasteiger partial charge in [-0.15, -0.1) is 0 Å². The SMILES string of the molecule is COc1cc(/C=C2\SC(=S)N(c3cccc(C(F)(F)F)c3)C2=O)cc(Br)c1OCc1ccc(C#N)cc1. The van der Waals surface area contributed by atoms with Crippen LogP contribution in [0.2, 0.25) is 0 Å². The van der Waals surface area contributed by atoms with E-state index in [1.807, 2.05) is 0 Å². The van der Waals surface area contributed by atoms with Crippen LogP contribution >= 0.6 is 39.9 Å². The molecule has 37 heavy (non-hydrogen) atoms. The van der Waals surface area contributed by atoms with Gasteiger partial charge in [0.05, 0.1) is 39.4 Å². The van der Waals surface area contributed by atoms with Crippen LogP contribution in [0.1, 0.15) is 22.3 Å². The predicted octanol–water partition coefficient (Wildman–Crippen LogP) is 7.33. The first-order valence-corrected chi connectivity index (χ1v) is 12.6. The van der Waals surface area contributed by atoms with Gasteiger partial charge in [0, 0.05) is 0 Å². The van der Waals surface area contributed by atoms with E-state index in [9.17, 15) is 18.0 Å². The van der Waals surface area contributed by atoms with Crippen LogP contribution in [-0.4, -0.2) is 17.3 Å². The number of hydrogen-bond donors (Lipinski definition) is 0. The topological polar surface area (TPSA) is 62.6 Å². The van der Waals surface area contributed by atoms with E-state index in [0.29, 0.717) is 27.1 Å². The normalized spacial score (nSPS) is 14.7. The molecular weight excluding hydrogens is 589 g/mol. The Morgan fingerprint density at radius 1 is 1.16 bits per heavy atom. The molecule has 5 nitrogen and oxygen atoms in total. The lowest BCUT2D eigenvalue weighted by Crippen LogP contribution is -2.27. The maximum Gasteiger partial charge on any atom is 0.416 e. The quantitative estimate of drug-likeness (QED) is 0.217. The minimum Gasteiger partial charge on any atom is -0.493 e. The molecule has 0 aliphatic carbocycles. The van der Waals surface area contributed by atoms with Crippen molar-refractivity contribution in [3.63, 3.8) is 0 Å². The van der Waals surface area contributed by atoms with Crippen LogP contribution in [0.25, 0.3) is 6.08 Å². The maximum absolute atomic E-state index is 13.1. The third-order valence-electron chi connectivity index (χ3n) is 5.24. The molecule has 1 fully saturated rings. The van der Waals surface area contributed by atoms with Gasteiger partial charge in [-0.3, -0.25) is 9.69 Å². The number of thioether (sulfide) groups is 1. The lowest BCUT2D eigenvalue weighted by Gasteiger charge is -2.16. The Balaban J connectivity index is 1.57. The lowest BCUT2D eigenvalue weighted by atomic mass is 10.1. The highest BCUT2D eigenvalue weighted by Crippen LogP contribution is 2.41. The number of benzene rings is 3. The molecule has 1 saturated heterocycles. The Hall–Kier alpha value is -3.33. The largest absolute Gasteiger partial charge is 0.493 e. The molecule has 0 radical (unpaired) electrons. The summed E-state index contributed by atoms with van der Waals surface area (Å²) in [6.45, 7) is 0.232. The number of nitriles is 1. The zero-order valence-electron chi connectivity index (χ0n) is 19.0. The van der Waals surface area contributed by atoms with Gasteiger partial charge < -0.3 is 9.47 Å². The average molecular weight is 605 g/mol. The number of hydrogen-bond acceptors (Lipinski definition) is 6. The molecule has 0 aromatic heterocycles. The number of methoxy groups -OCH3 is 1. The molecule has 4 rings (SSSR count). The molecule has 3 aromatic carbocycles. The van der Waals surface area contributed by atoms with E-state index in [4.69, 9.17) is 27.0 Å². The van der Waals surface area contributed by atoms with E-state index < -0.39 is 17.6 Å². The monoisotopic (exact) mass is 604 g/mol. The fourth-order valence-electron chi connectivity index (χ4n) is 3.46. The van der Waals surface area contributed by atoms with Crippen molar-refractivity contribution in [1.82, 2.24) is 0 Å². The highest BCUT2D eigenvalue weighted by atomic mass is 79.9. The summed E-state index contributed by atoms with van der Waals surface area (Å²) >= 11 is 9.77. The van der Waals surface area contributed by atoms with Crippen LogP contribution in [-0.2, 0) is 17.6 Å². The molecule has 3 aromatic rings. The Morgan fingerprint density at radius 2 is 1.89 bits per heavy atom. The van der Waals surface area contributed by atoms with Crippen molar-refractivity contribution in [1.29, 1.82) is 5.26 Å².